The maximum absolute atomic E-state index is 12.7. The molecule has 112 valence electrons. The highest BCUT2D eigenvalue weighted by molar-refractivity contribution is 7.89. The average molecular weight is 297 g/mol. The lowest BCUT2D eigenvalue weighted by molar-refractivity contribution is 0.154. The van der Waals surface area contributed by atoms with Gasteiger partial charge in [0.05, 0.1) is 5.69 Å². The number of anilines is 1. The number of nitrogen functional groups attached to an aromatic ring is 1. The van der Waals surface area contributed by atoms with Crippen LogP contribution in [0.4, 0.5) is 5.69 Å². The predicted octanol–water partition coefficient (Wildman–Crippen LogP) is 1.29. The Morgan fingerprint density at radius 3 is 2.25 bits per heavy atom. The van der Waals surface area contributed by atoms with E-state index in [9.17, 15) is 8.42 Å². The van der Waals surface area contributed by atoms with Crippen LogP contribution in [0.5, 0.6) is 0 Å². The predicted molar refractivity (Wildman–Crippen MR) is 81.1 cm³/mol. The largest absolute Gasteiger partial charge is 0.398 e. The molecular weight excluding hydrogens is 274 g/mol. The molecule has 1 heterocycles. The van der Waals surface area contributed by atoms with Gasteiger partial charge in [-0.1, -0.05) is 12.1 Å². The molecule has 0 saturated carbocycles. The van der Waals surface area contributed by atoms with Gasteiger partial charge in [0.1, 0.15) is 4.90 Å². The fourth-order valence-electron chi connectivity index (χ4n) is 2.62. The third-order valence-electron chi connectivity index (χ3n) is 3.84. The van der Waals surface area contributed by atoms with Crippen molar-refractivity contribution in [3.63, 3.8) is 0 Å². The van der Waals surface area contributed by atoms with E-state index in [1.807, 2.05) is 0 Å². The zero-order valence-electron chi connectivity index (χ0n) is 12.3. The highest BCUT2D eigenvalue weighted by Crippen LogP contribution is 2.26. The lowest BCUT2D eigenvalue weighted by Gasteiger charge is -2.36. The molecule has 1 aliphatic rings. The van der Waals surface area contributed by atoms with Crippen LogP contribution in [-0.2, 0) is 10.0 Å². The van der Waals surface area contributed by atoms with Gasteiger partial charge in [0.25, 0.3) is 0 Å². The van der Waals surface area contributed by atoms with E-state index in [1.54, 1.807) is 29.4 Å². The van der Waals surface area contributed by atoms with E-state index in [0.717, 1.165) is 13.1 Å². The van der Waals surface area contributed by atoms with Crippen molar-refractivity contribution in [2.24, 2.45) is 0 Å². The first-order valence-electron chi connectivity index (χ1n) is 6.93. The number of nitrogens with zero attached hydrogens (tertiary/aromatic N) is 2. The Morgan fingerprint density at radius 1 is 1.15 bits per heavy atom. The standard InChI is InChI=1S/C14H23N3O2S/c1-11(2)16-7-9-17(10-8-16)20(18,19)14-12(3)5-4-6-13(14)15/h4-6,11H,7-10,15H2,1-3H3. The number of hydrogen-bond acceptors (Lipinski definition) is 4. The van der Waals surface area contributed by atoms with Crippen LogP contribution >= 0.6 is 0 Å². The van der Waals surface area contributed by atoms with Crippen LogP contribution in [0.25, 0.3) is 0 Å². The van der Waals surface area contributed by atoms with Crippen LogP contribution in [0.1, 0.15) is 19.4 Å². The Hall–Kier alpha value is -1.11. The van der Waals surface area contributed by atoms with Gasteiger partial charge in [-0.3, -0.25) is 4.90 Å². The summed E-state index contributed by atoms with van der Waals surface area (Å²) in [5, 5.41) is 0. The van der Waals surface area contributed by atoms with Crippen molar-refractivity contribution >= 4 is 15.7 Å². The molecule has 0 bridgehead atoms. The van der Waals surface area contributed by atoms with E-state index in [0.29, 0.717) is 30.4 Å². The van der Waals surface area contributed by atoms with Gasteiger partial charge in [-0.15, -0.1) is 0 Å². The minimum Gasteiger partial charge on any atom is -0.398 e. The van der Waals surface area contributed by atoms with E-state index in [2.05, 4.69) is 18.7 Å². The van der Waals surface area contributed by atoms with E-state index in [4.69, 9.17) is 5.73 Å². The fraction of sp³-hybridized carbons (Fsp3) is 0.571. The molecule has 0 aliphatic carbocycles. The number of piperazine rings is 1. The summed E-state index contributed by atoms with van der Waals surface area (Å²) < 4.78 is 27.0. The fourth-order valence-corrected chi connectivity index (χ4v) is 4.36. The minimum absolute atomic E-state index is 0.262. The Bertz CT molecular complexity index is 556. The summed E-state index contributed by atoms with van der Waals surface area (Å²) in [6, 6.07) is 5.65. The lowest BCUT2D eigenvalue weighted by Crippen LogP contribution is -2.50. The summed E-state index contributed by atoms with van der Waals surface area (Å²) >= 11 is 0. The summed E-state index contributed by atoms with van der Waals surface area (Å²) in [6.07, 6.45) is 0. The molecule has 1 aliphatic heterocycles. The Kier molecular flexibility index (Phi) is 4.36. The SMILES string of the molecule is Cc1cccc(N)c1S(=O)(=O)N1CCN(C(C)C)CC1. The molecular formula is C14H23N3O2S. The number of sulfonamides is 1. The molecule has 2 rings (SSSR count). The topological polar surface area (TPSA) is 66.6 Å². The van der Waals surface area contributed by atoms with Crippen LogP contribution in [0.3, 0.4) is 0 Å². The minimum atomic E-state index is -3.49. The molecule has 0 radical (unpaired) electrons. The number of benzene rings is 1. The quantitative estimate of drug-likeness (QED) is 0.854. The summed E-state index contributed by atoms with van der Waals surface area (Å²) in [6.45, 7) is 8.62. The number of rotatable bonds is 3. The van der Waals surface area contributed by atoms with Gasteiger partial charge in [-0.05, 0) is 32.4 Å². The van der Waals surface area contributed by atoms with Gasteiger partial charge in [0.2, 0.25) is 10.0 Å². The van der Waals surface area contributed by atoms with Crippen LogP contribution in [0.2, 0.25) is 0 Å². The smallest absolute Gasteiger partial charge is 0.245 e. The maximum atomic E-state index is 12.7. The van der Waals surface area contributed by atoms with E-state index in [1.165, 1.54) is 0 Å². The first-order valence-corrected chi connectivity index (χ1v) is 8.37. The van der Waals surface area contributed by atoms with Gasteiger partial charge < -0.3 is 5.73 Å². The first kappa shape index (κ1) is 15.3. The summed E-state index contributed by atoms with van der Waals surface area (Å²) in [7, 11) is -3.49. The number of nitrogens with two attached hydrogens (primary N) is 1. The average Bonchev–Trinajstić information content (AvgIpc) is 2.38. The molecule has 1 saturated heterocycles. The zero-order chi connectivity index (χ0) is 14.9. The summed E-state index contributed by atoms with van der Waals surface area (Å²) in [5.74, 6) is 0. The van der Waals surface area contributed by atoms with Crippen LogP contribution in [0, 0.1) is 6.92 Å². The second kappa shape index (κ2) is 5.71. The Balaban J connectivity index is 2.25. The molecule has 1 fully saturated rings. The maximum Gasteiger partial charge on any atom is 0.245 e. The summed E-state index contributed by atoms with van der Waals surface area (Å²) in [4.78, 5) is 2.55. The van der Waals surface area contributed by atoms with Crippen molar-refractivity contribution in [1.29, 1.82) is 0 Å². The Morgan fingerprint density at radius 2 is 1.75 bits per heavy atom. The van der Waals surface area contributed by atoms with Crippen molar-refractivity contribution in [1.82, 2.24) is 9.21 Å². The van der Waals surface area contributed by atoms with E-state index >= 15 is 0 Å². The van der Waals surface area contributed by atoms with Gasteiger partial charge in [-0.25, -0.2) is 8.42 Å². The molecule has 20 heavy (non-hydrogen) atoms. The monoisotopic (exact) mass is 297 g/mol. The van der Waals surface area contributed by atoms with Gasteiger partial charge >= 0.3 is 0 Å². The molecule has 0 spiro atoms. The molecule has 0 atom stereocenters. The van der Waals surface area contributed by atoms with Crippen molar-refractivity contribution in [2.75, 3.05) is 31.9 Å². The molecule has 0 aromatic heterocycles. The van der Waals surface area contributed by atoms with Gasteiger partial charge in [-0.2, -0.15) is 4.31 Å². The van der Waals surface area contributed by atoms with Crippen LogP contribution in [-0.4, -0.2) is 49.8 Å². The molecule has 6 heteroatoms. The molecule has 1 aromatic rings. The highest BCUT2D eigenvalue weighted by atomic mass is 32.2. The van der Waals surface area contributed by atoms with Crippen molar-refractivity contribution in [2.45, 2.75) is 31.7 Å². The first-order chi connectivity index (χ1) is 9.34. The van der Waals surface area contributed by atoms with E-state index < -0.39 is 10.0 Å². The highest BCUT2D eigenvalue weighted by Gasteiger charge is 2.31. The second-order valence-corrected chi connectivity index (χ2v) is 7.40. The summed E-state index contributed by atoms with van der Waals surface area (Å²) in [5.41, 5.74) is 6.91. The number of aryl methyl sites for hydroxylation is 1. The van der Waals surface area contributed by atoms with Gasteiger partial charge in [0.15, 0.2) is 0 Å². The molecule has 2 N–H and O–H groups in total. The van der Waals surface area contributed by atoms with Crippen LogP contribution in [0.15, 0.2) is 23.1 Å². The van der Waals surface area contributed by atoms with Crippen molar-refractivity contribution < 1.29 is 8.42 Å². The number of hydrogen-bond donors (Lipinski definition) is 1. The third-order valence-corrected chi connectivity index (χ3v) is 5.96. The molecule has 0 unspecified atom stereocenters. The molecule has 1 aromatic carbocycles. The Labute approximate surface area is 121 Å². The molecule has 5 nitrogen and oxygen atoms in total. The van der Waals surface area contributed by atoms with Crippen molar-refractivity contribution in [3.8, 4) is 0 Å². The second-order valence-electron chi connectivity index (χ2n) is 5.53. The zero-order valence-corrected chi connectivity index (χ0v) is 13.2. The van der Waals surface area contributed by atoms with Gasteiger partial charge in [0, 0.05) is 32.2 Å². The third kappa shape index (κ3) is 2.82. The van der Waals surface area contributed by atoms with Crippen molar-refractivity contribution in [3.05, 3.63) is 23.8 Å². The van der Waals surface area contributed by atoms with Crippen LogP contribution < -0.4 is 5.73 Å². The molecule has 0 amide bonds. The lowest BCUT2D eigenvalue weighted by atomic mass is 10.2. The normalized spacial score (nSPS) is 18.6. The van der Waals surface area contributed by atoms with E-state index in [-0.39, 0.29) is 4.90 Å².